The predicted octanol–water partition coefficient (Wildman–Crippen LogP) is 2.22. The van der Waals surface area contributed by atoms with Crippen molar-refractivity contribution in [1.82, 2.24) is 15.3 Å². The molecule has 0 aromatic carbocycles. The van der Waals surface area contributed by atoms with E-state index in [-0.39, 0.29) is 5.28 Å². The summed E-state index contributed by atoms with van der Waals surface area (Å²) in [5.74, 6) is 0. The third kappa shape index (κ3) is 2.15. The Morgan fingerprint density at radius 3 is 2.88 bits per heavy atom. The summed E-state index contributed by atoms with van der Waals surface area (Å²) in [6.45, 7) is 3.88. The second-order valence-corrected chi connectivity index (χ2v) is 4.67. The SMILES string of the molecule is CC1=CS/C(=C(/N)c2nc(Cl)ncc2C)N1. The predicted molar refractivity (Wildman–Crippen MR) is 67.4 cm³/mol. The number of thioether (sulfide) groups is 1. The van der Waals surface area contributed by atoms with Gasteiger partial charge in [0, 0.05) is 11.9 Å². The van der Waals surface area contributed by atoms with Crippen molar-refractivity contribution in [3.8, 4) is 0 Å². The Hall–Kier alpha value is -1.20. The molecule has 0 unspecified atom stereocenters. The van der Waals surface area contributed by atoms with Gasteiger partial charge in [0.25, 0.3) is 0 Å². The van der Waals surface area contributed by atoms with E-state index in [4.69, 9.17) is 17.3 Å². The van der Waals surface area contributed by atoms with E-state index >= 15 is 0 Å². The van der Waals surface area contributed by atoms with Crippen LogP contribution in [0.3, 0.4) is 0 Å². The maximum Gasteiger partial charge on any atom is 0.222 e. The summed E-state index contributed by atoms with van der Waals surface area (Å²) in [6, 6.07) is 0. The van der Waals surface area contributed by atoms with Gasteiger partial charge in [0.15, 0.2) is 0 Å². The monoisotopic (exact) mass is 254 g/mol. The summed E-state index contributed by atoms with van der Waals surface area (Å²) in [5, 5.41) is 6.26. The Labute approximate surface area is 103 Å². The Morgan fingerprint density at radius 1 is 1.50 bits per heavy atom. The molecule has 0 radical (unpaired) electrons. The van der Waals surface area contributed by atoms with Crippen LogP contribution in [0.5, 0.6) is 0 Å². The fourth-order valence-electron chi connectivity index (χ4n) is 1.32. The highest BCUT2D eigenvalue weighted by molar-refractivity contribution is 8.06. The van der Waals surface area contributed by atoms with Crippen LogP contribution in [0.15, 0.2) is 22.3 Å². The van der Waals surface area contributed by atoms with Crippen LogP contribution in [-0.2, 0) is 0 Å². The molecule has 16 heavy (non-hydrogen) atoms. The Kier molecular flexibility index (Phi) is 3.07. The van der Waals surface area contributed by atoms with Crippen molar-refractivity contribution in [1.29, 1.82) is 0 Å². The van der Waals surface area contributed by atoms with Crippen molar-refractivity contribution in [2.24, 2.45) is 5.73 Å². The van der Waals surface area contributed by atoms with Crippen LogP contribution in [0.1, 0.15) is 18.2 Å². The van der Waals surface area contributed by atoms with E-state index < -0.39 is 0 Å². The van der Waals surface area contributed by atoms with Gasteiger partial charge in [0.1, 0.15) is 5.03 Å². The molecular formula is C10H11ClN4S. The first-order valence-electron chi connectivity index (χ1n) is 4.67. The minimum atomic E-state index is 0.205. The van der Waals surface area contributed by atoms with Gasteiger partial charge in [-0.2, -0.15) is 0 Å². The number of hydrogen-bond acceptors (Lipinski definition) is 5. The number of nitrogens with two attached hydrogens (primary N) is 1. The zero-order valence-corrected chi connectivity index (χ0v) is 10.5. The normalized spacial score (nSPS) is 18.1. The van der Waals surface area contributed by atoms with Crippen LogP contribution in [0.25, 0.3) is 5.70 Å². The molecule has 1 aromatic heterocycles. The zero-order valence-electron chi connectivity index (χ0n) is 8.91. The number of nitrogens with zero attached hydrogens (tertiary/aromatic N) is 2. The maximum absolute atomic E-state index is 6.05. The average Bonchev–Trinajstić information content (AvgIpc) is 2.67. The van der Waals surface area contributed by atoms with Crippen molar-refractivity contribution in [2.45, 2.75) is 13.8 Å². The number of halogens is 1. The second kappa shape index (κ2) is 4.35. The van der Waals surface area contributed by atoms with Crippen LogP contribution < -0.4 is 11.1 Å². The largest absolute Gasteiger partial charge is 0.395 e. The van der Waals surface area contributed by atoms with Gasteiger partial charge in [-0.25, -0.2) is 9.97 Å². The summed E-state index contributed by atoms with van der Waals surface area (Å²) < 4.78 is 0. The van der Waals surface area contributed by atoms with Crippen molar-refractivity contribution >= 4 is 29.1 Å². The minimum absolute atomic E-state index is 0.205. The summed E-state index contributed by atoms with van der Waals surface area (Å²) in [6.07, 6.45) is 1.66. The molecule has 4 nitrogen and oxygen atoms in total. The van der Waals surface area contributed by atoms with Crippen molar-refractivity contribution in [3.05, 3.63) is 38.9 Å². The number of aryl methyl sites for hydroxylation is 1. The van der Waals surface area contributed by atoms with Crippen LogP contribution >= 0.6 is 23.4 Å². The highest BCUT2D eigenvalue weighted by Gasteiger charge is 2.14. The molecule has 6 heteroatoms. The summed E-state index contributed by atoms with van der Waals surface area (Å²) in [7, 11) is 0. The average molecular weight is 255 g/mol. The maximum atomic E-state index is 6.05. The molecule has 0 fully saturated rings. The van der Waals surface area contributed by atoms with Gasteiger partial charge in [-0.05, 0) is 36.4 Å². The van der Waals surface area contributed by atoms with Gasteiger partial charge in [-0.15, -0.1) is 0 Å². The highest BCUT2D eigenvalue weighted by atomic mass is 35.5. The number of allylic oxidation sites excluding steroid dienone is 1. The number of rotatable bonds is 1. The lowest BCUT2D eigenvalue weighted by Crippen LogP contribution is -2.12. The summed E-state index contributed by atoms with van der Waals surface area (Å²) in [5.41, 5.74) is 9.30. The molecule has 0 aliphatic carbocycles. The molecule has 0 amide bonds. The summed E-state index contributed by atoms with van der Waals surface area (Å²) >= 11 is 7.30. The van der Waals surface area contributed by atoms with Gasteiger partial charge in [-0.1, -0.05) is 11.8 Å². The van der Waals surface area contributed by atoms with E-state index in [9.17, 15) is 0 Å². The van der Waals surface area contributed by atoms with E-state index in [1.807, 2.05) is 19.3 Å². The molecule has 0 atom stereocenters. The molecule has 84 valence electrons. The van der Waals surface area contributed by atoms with E-state index in [0.29, 0.717) is 11.4 Å². The second-order valence-electron chi connectivity index (χ2n) is 3.46. The quantitative estimate of drug-likeness (QED) is 0.753. The molecule has 0 spiro atoms. The molecule has 2 heterocycles. The first-order chi connectivity index (χ1) is 7.58. The lowest BCUT2D eigenvalue weighted by Gasteiger charge is -2.08. The Bertz CT molecular complexity index is 496. The molecule has 0 saturated carbocycles. The van der Waals surface area contributed by atoms with Gasteiger partial charge >= 0.3 is 0 Å². The smallest absolute Gasteiger partial charge is 0.222 e. The lowest BCUT2D eigenvalue weighted by molar-refractivity contribution is 1.04. The number of aromatic nitrogens is 2. The van der Waals surface area contributed by atoms with E-state index in [2.05, 4.69) is 15.3 Å². The first kappa shape index (κ1) is 11.3. The van der Waals surface area contributed by atoms with E-state index in [1.165, 1.54) is 0 Å². The van der Waals surface area contributed by atoms with Crippen LogP contribution in [0.2, 0.25) is 5.28 Å². The fraction of sp³-hybridized carbons (Fsp3) is 0.200. The topological polar surface area (TPSA) is 63.8 Å². The Balaban J connectivity index is 2.41. The first-order valence-corrected chi connectivity index (χ1v) is 5.93. The lowest BCUT2D eigenvalue weighted by atomic mass is 10.2. The molecule has 2 rings (SSSR count). The van der Waals surface area contributed by atoms with Crippen molar-refractivity contribution in [2.75, 3.05) is 0 Å². The molecule has 1 aromatic rings. The minimum Gasteiger partial charge on any atom is -0.395 e. The van der Waals surface area contributed by atoms with Gasteiger partial charge in [-0.3, -0.25) is 0 Å². The molecular weight excluding hydrogens is 244 g/mol. The Morgan fingerprint density at radius 2 is 2.25 bits per heavy atom. The van der Waals surface area contributed by atoms with Gasteiger partial charge < -0.3 is 11.1 Å². The van der Waals surface area contributed by atoms with Gasteiger partial charge in [0.2, 0.25) is 5.28 Å². The van der Waals surface area contributed by atoms with Crippen LogP contribution in [0.4, 0.5) is 0 Å². The number of nitrogens with one attached hydrogen (secondary N) is 1. The number of hydrogen-bond donors (Lipinski definition) is 2. The van der Waals surface area contributed by atoms with Crippen molar-refractivity contribution in [3.63, 3.8) is 0 Å². The molecule has 0 bridgehead atoms. The van der Waals surface area contributed by atoms with Crippen molar-refractivity contribution < 1.29 is 0 Å². The summed E-state index contributed by atoms with van der Waals surface area (Å²) in [4.78, 5) is 8.04. The third-order valence-corrected chi connectivity index (χ3v) is 3.32. The van der Waals surface area contributed by atoms with E-state index in [0.717, 1.165) is 16.3 Å². The van der Waals surface area contributed by atoms with E-state index in [1.54, 1.807) is 18.0 Å². The molecule has 1 aliphatic rings. The van der Waals surface area contributed by atoms with Gasteiger partial charge in [0.05, 0.1) is 11.4 Å². The molecule has 1 aliphatic heterocycles. The zero-order chi connectivity index (χ0) is 11.7. The standard InChI is InChI=1S/C10H11ClN4S/c1-5-3-13-10(11)15-8(5)7(12)9-14-6(2)4-16-9/h3-4,14H,12H2,1-2H3/b9-7+. The molecule has 3 N–H and O–H groups in total. The third-order valence-electron chi connectivity index (χ3n) is 2.11. The fourth-order valence-corrected chi connectivity index (χ4v) is 2.25. The van der Waals surface area contributed by atoms with Crippen LogP contribution in [-0.4, -0.2) is 9.97 Å². The highest BCUT2D eigenvalue weighted by Crippen LogP contribution is 2.29. The van der Waals surface area contributed by atoms with Crippen LogP contribution in [0, 0.1) is 6.92 Å². The molecule has 0 saturated heterocycles.